The molecular weight excluding hydrogens is 306 g/mol. The lowest BCUT2D eigenvalue weighted by molar-refractivity contribution is -0.116. The first-order valence-electron chi connectivity index (χ1n) is 7.07. The summed E-state index contributed by atoms with van der Waals surface area (Å²) in [7, 11) is 3.89. The second kappa shape index (κ2) is 8.34. The highest BCUT2D eigenvalue weighted by atomic mass is 33.1. The van der Waals surface area contributed by atoms with Crippen molar-refractivity contribution >= 4 is 39.2 Å². The van der Waals surface area contributed by atoms with Crippen LogP contribution in [0.2, 0.25) is 0 Å². The number of carboxylic acid groups (broad SMARTS) is 1. The molecule has 1 atom stereocenters. The lowest BCUT2D eigenvalue weighted by atomic mass is 10.1. The molecule has 0 aliphatic carbocycles. The van der Waals surface area contributed by atoms with Crippen LogP contribution in [0.3, 0.4) is 0 Å². The van der Waals surface area contributed by atoms with Gasteiger partial charge in [-0.2, -0.15) is 0 Å². The zero-order valence-electron chi connectivity index (χ0n) is 11.7. The van der Waals surface area contributed by atoms with Gasteiger partial charge in [-0.1, -0.05) is 40.1 Å². The first-order valence-corrected chi connectivity index (χ1v) is 9.45. The number of carbonyl (C=O) groups is 2. The van der Waals surface area contributed by atoms with Crippen LogP contribution in [0.25, 0.3) is 0 Å². The molecule has 1 amide bonds. The monoisotopic (exact) mass is 325 g/mol. The van der Waals surface area contributed by atoms with Crippen molar-refractivity contribution in [2.24, 2.45) is 0 Å². The first kappa shape index (κ1) is 16.2. The van der Waals surface area contributed by atoms with Crippen molar-refractivity contribution in [3.8, 4) is 0 Å². The van der Waals surface area contributed by atoms with Crippen LogP contribution in [0.1, 0.15) is 42.5 Å². The Morgan fingerprint density at radius 1 is 1.29 bits per heavy atom. The van der Waals surface area contributed by atoms with Crippen LogP contribution in [-0.2, 0) is 4.79 Å². The van der Waals surface area contributed by atoms with Gasteiger partial charge in [0.05, 0.1) is 11.3 Å². The lowest BCUT2D eigenvalue weighted by Gasteiger charge is -2.09. The average Bonchev–Trinajstić information content (AvgIpc) is 2.97. The first-order chi connectivity index (χ1) is 10.2. The number of amides is 1. The fourth-order valence-corrected chi connectivity index (χ4v) is 5.24. The third kappa shape index (κ3) is 5.28. The molecule has 21 heavy (non-hydrogen) atoms. The Kier molecular flexibility index (Phi) is 6.45. The molecule has 1 aliphatic heterocycles. The van der Waals surface area contributed by atoms with Gasteiger partial charge < -0.3 is 10.4 Å². The van der Waals surface area contributed by atoms with Gasteiger partial charge in [0.1, 0.15) is 0 Å². The third-order valence-electron chi connectivity index (χ3n) is 3.34. The summed E-state index contributed by atoms with van der Waals surface area (Å²) < 4.78 is 0. The van der Waals surface area contributed by atoms with Gasteiger partial charge in [0, 0.05) is 17.4 Å². The normalized spacial score (nSPS) is 17.6. The van der Waals surface area contributed by atoms with E-state index in [0.29, 0.717) is 12.1 Å². The summed E-state index contributed by atoms with van der Waals surface area (Å²) in [6.07, 6.45) is 4.78. The Hall–Kier alpha value is -1.14. The van der Waals surface area contributed by atoms with Crippen LogP contribution < -0.4 is 5.32 Å². The van der Waals surface area contributed by atoms with E-state index in [9.17, 15) is 9.59 Å². The van der Waals surface area contributed by atoms with Crippen LogP contribution in [-0.4, -0.2) is 28.0 Å². The van der Waals surface area contributed by atoms with Gasteiger partial charge in [-0.15, -0.1) is 0 Å². The number of unbranched alkanes of at least 4 members (excludes halogenated alkanes) is 1. The Morgan fingerprint density at radius 2 is 2.10 bits per heavy atom. The minimum absolute atomic E-state index is 0.114. The predicted molar refractivity (Wildman–Crippen MR) is 89.0 cm³/mol. The highest BCUT2D eigenvalue weighted by molar-refractivity contribution is 8.77. The number of carbonyl (C=O) groups excluding carboxylic acids is 1. The van der Waals surface area contributed by atoms with Crippen molar-refractivity contribution in [1.82, 2.24) is 0 Å². The molecule has 1 heterocycles. The maximum absolute atomic E-state index is 11.9. The van der Waals surface area contributed by atoms with Crippen LogP contribution >= 0.6 is 21.6 Å². The van der Waals surface area contributed by atoms with Gasteiger partial charge in [-0.05, 0) is 31.4 Å². The summed E-state index contributed by atoms with van der Waals surface area (Å²) in [6, 6.07) is 6.48. The lowest BCUT2D eigenvalue weighted by Crippen LogP contribution is -2.14. The number of anilines is 1. The van der Waals surface area contributed by atoms with E-state index in [2.05, 4.69) is 5.32 Å². The van der Waals surface area contributed by atoms with E-state index in [4.69, 9.17) is 5.11 Å². The fourth-order valence-electron chi connectivity index (χ4n) is 2.21. The summed E-state index contributed by atoms with van der Waals surface area (Å²) in [6.45, 7) is 0. The van der Waals surface area contributed by atoms with Crippen LogP contribution in [0, 0.1) is 0 Å². The molecule has 6 heteroatoms. The largest absolute Gasteiger partial charge is 0.478 e. The standard InChI is InChI=1S/C15H19NO3S2/c17-14(8-4-1-5-11-9-10-20-21-11)16-13-7-3-2-6-12(13)15(18)19/h2-3,6-7,11H,1,4-5,8-10H2,(H,16,17)(H,18,19). The third-order valence-corrected chi connectivity index (χ3v) is 6.35. The van der Waals surface area contributed by atoms with Gasteiger partial charge in [-0.3, -0.25) is 4.79 Å². The molecule has 0 saturated carbocycles. The maximum Gasteiger partial charge on any atom is 0.337 e. The van der Waals surface area contributed by atoms with Crippen molar-refractivity contribution in [2.45, 2.75) is 37.4 Å². The van der Waals surface area contributed by atoms with Crippen LogP contribution in [0.15, 0.2) is 24.3 Å². The van der Waals surface area contributed by atoms with Gasteiger partial charge in [0.15, 0.2) is 0 Å². The zero-order valence-corrected chi connectivity index (χ0v) is 13.3. The quantitative estimate of drug-likeness (QED) is 0.585. The molecule has 1 fully saturated rings. The molecule has 114 valence electrons. The van der Waals surface area contributed by atoms with Crippen molar-refractivity contribution in [1.29, 1.82) is 0 Å². The zero-order chi connectivity index (χ0) is 15.1. The molecule has 0 bridgehead atoms. The molecule has 1 aliphatic rings. The molecule has 2 rings (SSSR count). The summed E-state index contributed by atoms with van der Waals surface area (Å²) in [5.41, 5.74) is 0.503. The van der Waals surface area contributed by atoms with E-state index in [0.717, 1.165) is 24.5 Å². The molecule has 0 aromatic heterocycles. The Bertz CT molecular complexity index is 501. The summed E-state index contributed by atoms with van der Waals surface area (Å²) in [5.74, 6) is 0.0979. The van der Waals surface area contributed by atoms with E-state index < -0.39 is 5.97 Å². The molecule has 1 aromatic rings. The van der Waals surface area contributed by atoms with Gasteiger partial charge >= 0.3 is 5.97 Å². The fraction of sp³-hybridized carbons (Fsp3) is 0.467. The minimum atomic E-state index is -1.03. The number of aromatic carboxylic acids is 1. The molecule has 1 unspecified atom stereocenters. The smallest absolute Gasteiger partial charge is 0.337 e. The van der Waals surface area contributed by atoms with Crippen molar-refractivity contribution in [3.63, 3.8) is 0 Å². The van der Waals surface area contributed by atoms with Crippen LogP contribution in [0.4, 0.5) is 5.69 Å². The number of benzene rings is 1. The number of hydrogen-bond acceptors (Lipinski definition) is 4. The average molecular weight is 325 g/mol. The second-order valence-corrected chi connectivity index (χ2v) is 7.76. The predicted octanol–water partition coefficient (Wildman–Crippen LogP) is 4.04. The maximum atomic E-state index is 11.9. The molecular formula is C15H19NO3S2. The van der Waals surface area contributed by atoms with Crippen molar-refractivity contribution in [3.05, 3.63) is 29.8 Å². The number of para-hydroxylation sites is 1. The molecule has 0 radical (unpaired) electrons. The van der Waals surface area contributed by atoms with Crippen LogP contribution in [0.5, 0.6) is 0 Å². The second-order valence-electron chi connectivity index (χ2n) is 4.97. The van der Waals surface area contributed by atoms with Crippen molar-refractivity contribution < 1.29 is 14.7 Å². The summed E-state index contributed by atoms with van der Waals surface area (Å²) in [5, 5.41) is 12.5. The highest BCUT2D eigenvalue weighted by Crippen LogP contribution is 2.39. The number of rotatable bonds is 7. The topological polar surface area (TPSA) is 66.4 Å². The van der Waals surface area contributed by atoms with E-state index >= 15 is 0 Å². The molecule has 1 saturated heterocycles. The number of nitrogens with one attached hydrogen (secondary N) is 1. The highest BCUT2D eigenvalue weighted by Gasteiger charge is 2.16. The Morgan fingerprint density at radius 3 is 2.81 bits per heavy atom. The molecule has 0 spiro atoms. The van der Waals surface area contributed by atoms with E-state index in [1.807, 2.05) is 21.6 Å². The molecule has 2 N–H and O–H groups in total. The number of hydrogen-bond donors (Lipinski definition) is 2. The van der Waals surface area contributed by atoms with Crippen molar-refractivity contribution in [2.75, 3.05) is 11.1 Å². The Labute approximate surface area is 132 Å². The van der Waals surface area contributed by atoms with E-state index in [1.54, 1.807) is 18.2 Å². The minimum Gasteiger partial charge on any atom is -0.478 e. The van der Waals surface area contributed by atoms with Gasteiger partial charge in [0.2, 0.25) is 5.91 Å². The SMILES string of the molecule is O=C(CCCCC1CCSS1)Nc1ccccc1C(=O)O. The van der Waals surface area contributed by atoms with Gasteiger partial charge in [0.25, 0.3) is 0 Å². The number of carboxylic acids is 1. The summed E-state index contributed by atoms with van der Waals surface area (Å²) >= 11 is 0. The van der Waals surface area contributed by atoms with E-state index in [-0.39, 0.29) is 11.5 Å². The summed E-state index contributed by atoms with van der Waals surface area (Å²) in [4.78, 5) is 22.9. The van der Waals surface area contributed by atoms with E-state index in [1.165, 1.54) is 18.2 Å². The molecule has 1 aromatic carbocycles. The van der Waals surface area contributed by atoms with Gasteiger partial charge in [-0.25, -0.2) is 4.79 Å². The Balaban J connectivity index is 1.73. The molecule has 4 nitrogen and oxygen atoms in total.